The molecule has 1 aliphatic rings. The van der Waals surface area contributed by atoms with Crippen LogP contribution in [0.25, 0.3) is 6.08 Å². The minimum atomic E-state index is -0.0927. The number of aliphatic imine (C=N–C) groups is 1. The van der Waals surface area contributed by atoms with Gasteiger partial charge in [0.2, 0.25) is 0 Å². The van der Waals surface area contributed by atoms with Gasteiger partial charge in [0.1, 0.15) is 5.84 Å². The van der Waals surface area contributed by atoms with E-state index in [0.717, 1.165) is 21.7 Å². The van der Waals surface area contributed by atoms with Crippen LogP contribution in [0, 0.1) is 6.92 Å². The first-order valence-electron chi connectivity index (χ1n) is 8.29. The van der Waals surface area contributed by atoms with Crippen molar-refractivity contribution in [3.8, 4) is 0 Å². The number of amidine groups is 1. The van der Waals surface area contributed by atoms with Crippen molar-refractivity contribution in [2.75, 3.05) is 0 Å². The number of carbonyl (C=O) groups excluding carboxylic acids is 1. The molecule has 1 saturated heterocycles. The SMILES string of the molecule is Cc1ccccc1N=C1NC(=O)S/C1=C\c1ccc(C(C)(C)C)cc1. The van der Waals surface area contributed by atoms with E-state index in [-0.39, 0.29) is 10.7 Å². The zero-order valence-corrected chi connectivity index (χ0v) is 15.8. The minimum absolute atomic E-state index is 0.0927. The van der Waals surface area contributed by atoms with E-state index >= 15 is 0 Å². The molecule has 1 aliphatic heterocycles. The van der Waals surface area contributed by atoms with Crippen LogP contribution in [0.4, 0.5) is 10.5 Å². The molecular weight excluding hydrogens is 328 g/mol. The Morgan fingerprint density at radius 2 is 1.72 bits per heavy atom. The fraction of sp³-hybridized carbons (Fsp3) is 0.238. The number of nitrogens with one attached hydrogen (secondary N) is 1. The van der Waals surface area contributed by atoms with Crippen LogP contribution in [0.5, 0.6) is 0 Å². The van der Waals surface area contributed by atoms with Crippen molar-refractivity contribution in [3.63, 3.8) is 0 Å². The van der Waals surface area contributed by atoms with Gasteiger partial charge in [-0.3, -0.25) is 4.79 Å². The van der Waals surface area contributed by atoms with Gasteiger partial charge < -0.3 is 5.32 Å². The lowest BCUT2D eigenvalue weighted by atomic mass is 9.87. The molecule has 0 aliphatic carbocycles. The normalized spacial score (nSPS) is 18.0. The van der Waals surface area contributed by atoms with Gasteiger partial charge in [0.25, 0.3) is 5.24 Å². The molecular formula is C21H22N2OS. The molecule has 1 fully saturated rings. The Balaban J connectivity index is 1.93. The summed E-state index contributed by atoms with van der Waals surface area (Å²) in [5.74, 6) is 0.615. The maximum atomic E-state index is 11.8. The van der Waals surface area contributed by atoms with E-state index in [0.29, 0.717) is 5.84 Å². The summed E-state index contributed by atoms with van der Waals surface area (Å²) in [6.07, 6.45) is 2.01. The van der Waals surface area contributed by atoms with Gasteiger partial charge in [-0.2, -0.15) is 0 Å². The zero-order chi connectivity index (χ0) is 18.0. The van der Waals surface area contributed by atoms with Crippen LogP contribution in [0.3, 0.4) is 0 Å². The van der Waals surface area contributed by atoms with E-state index in [1.165, 1.54) is 17.3 Å². The fourth-order valence-electron chi connectivity index (χ4n) is 2.55. The summed E-state index contributed by atoms with van der Waals surface area (Å²) in [6.45, 7) is 8.60. The number of hydrogen-bond acceptors (Lipinski definition) is 3. The van der Waals surface area contributed by atoms with Crippen LogP contribution in [0.2, 0.25) is 0 Å². The zero-order valence-electron chi connectivity index (χ0n) is 15.0. The number of para-hydroxylation sites is 1. The van der Waals surface area contributed by atoms with Gasteiger partial charge in [-0.25, -0.2) is 4.99 Å². The Bertz CT molecular complexity index is 858. The average molecular weight is 350 g/mol. The van der Waals surface area contributed by atoms with Gasteiger partial charge in [0, 0.05) is 0 Å². The number of nitrogens with zero attached hydrogens (tertiary/aromatic N) is 1. The van der Waals surface area contributed by atoms with E-state index in [2.05, 4.69) is 55.3 Å². The lowest BCUT2D eigenvalue weighted by Crippen LogP contribution is -2.18. The second-order valence-corrected chi connectivity index (χ2v) is 8.16. The van der Waals surface area contributed by atoms with Crippen molar-refractivity contribution in [1.29, 1.82) is 0 Å². The first kappa shape index (κ1) is 17.5. The van der Waals surface area contributed by atoms with Crippen molar-refractivity contribution in [2.24, 2.45) is 4.99 Å². The Kier molecular flexibility index (Phi) is 4.82. The van der Waals surface area contributed by atoms with Gasteiger partial charge in [-0.15, -0.1) is 0 Å². The molecule has 1 amide bonds. The maximum absolute atomic E-state index is 11.8. The second kappa shape index (κ2) is 6.89. The molecule has 0 aromatic heterocycles. The highest BCUT2D eigenvalue weighted by Gasteiger charge is 2.23. The summed E-state index contributed by atoms with van der Waals surface area (Å²) in [7, 11) is 0. The number of thioether (sulfide) groups is 1. The first-order valence-corrected chi connectivity index (χ1v) is 9.10. The highest BCUT2D eigenvalue weighted by Crippen LogP contribution is 2.30. The van der Waals surface area contributed by atoms with E-state index < -0.39 is 0 Å². The van der Waals surface area contributed by atoms with Crippen molar-refractivity contribution in [3.05, 3.63) is 70.1 Å². The molecule has 0 bridgehead atoms. The van der Waals surface area contributed by atoms with E-state index in [1.807, 2.05) is 37.3 Å². The average Bonchev–Trinajstić information content (AvgIpc) is 2.88. The van der Waals surface area contributed by atoms with Crippen molar-refractivity contribution in [1.82, 2.24) is 5.32 Å². The lowest BCUT2D eigenvalue weighted by Gasteiger charge is -2.18. The standard InChI is InChI=1S/C21H22N2OS/c1-14-7-5-6-8-17(14)22-19-18(25-20(24)23-19)13-15-9-11-16(12-10-15)21(2,3)4/h5-13H,1-4H3,(H,22,23,24)/b18-13-. The fourth-order valence-corrected chi connectivity index (χ4v) is 3.29. The summed E-state index contributed by atoms with van der Waals surface area (Å²) in [5, 5.41) is 2.75. The molecule has 0 radical (unpaired) electrons. The monoisotopic (exact) mass is 350 g/mol. The Morgan fingerprint density at radius 3 is 2.36 bits per heavy atom. The molecule has 128 valence electrons. The van der Waals surface area contributed by atoms with Crippen LogP contribution >= 0.6 is 11.8 Å². The summed E-state index contributed by atoms with van der Waals surface area (Å²) >= 11 is 1.18. The van der Waals surface area contributed by atoms with Crippen molar-refractivity contribution < 1.29 is 4.79 Å². The third-order valence-electron chi connectivity index (χ3n) is 4.08. The van der Waals surface area contributed by atoms with E-state index in [9.17, 15) is 4.79 Å². The molecule has 0 spiro atoms. The number of rotatable bonds is 2. The lowest BCUT2D eigenvalue weighted by molar-refractivity contribution is 0.265. The van der Waals surface area contributed by atoms with Crippen molar-refractivity contribution in [2.45, 2.75) is 33.1 Å². The number of benzene rings is 2. The Labute approximate surface area is 153 Å². The topological polar surface area (TPSA) is 41.5 Å². The molecule has 0 unspecified atom stereocenters. The van der Waals surface area contributed by atoms with Crippen LogP contribution in [0.15, 0.2) is 58.4 Å². The van der Waals surface area contributed by atoms with Gasteiger partial charge in [0.15, 0.2) is 0 Å². The first-order chi connectivity index (χ1) is 11.8. The molecule has 0 saturated carbocycles. The van der Waals surface area contributed by atoms with Crippen LogP contribution in [0.1, 0.15) is 37.5 Å². The Morgan fingerprint density at radius 1 is 1.04 bits per heavy atom. The smallest absolute Gasteiger partial charge is 0.289 e. The summed E-state index contributed by atoms with van der Waals surface area (Å²) in [5.41, 5.74) is 4.42. The quantitative estimate of drug-likeness (QED) is 0.741. The van der Waals surface area contributed by atoms with Gasteiger partial charge >= 0.3 is 0 Å². The van der Waals surface area contributed by atoms with Gasteiger partial charge in [0.05, 0.1) is 10.6 Å². The molecule has 1 N–H and O–H groups in total. The molecule has 4 heteroatoms. The molecule has 2 aromatic rings. The third kappa shape index (κ3) is 4.20. The predicted molar refractivity (Wildman–Crippen MR) is 108 cm³/mol. The summed E-state index contributed by atoms with van der Waals surface area (Å²) in [6, 6.07) is 16.3. The number of amides is 1. The van der Waals surface area contributed by atoms with Crippen LogP contribution < -0.4 is 5.32 Å². The second-order valence-electron chi connectivity index (χ2n) is 7.14. The minimum Gasteiger partial charge on any atom is -0.300 e. The largest absolute Gasteiger partial charge is 0.300 e. The molecule has 1 heterocycles. The third-order valence-corrected chi connectivity index (χ3v) is 4.90. The summed E-state index contributed by atoms with van der Waals surface area (Å²) < 4.78 is 0. The maximum Gasteiger partial charge on any atom is 0.289 e. The highest BCUT2D eigenvalue weighted by molar-refractivity contribution is 8.18. The molecule has 3 rings (SSSR count). The molecule has 2 aromatic carbocycles. The predicted octanol–water partition coefficient (Wildman–Crippen LogP) is 5.82. The van der Waals surface area contributed by atoms with E-state index in [1.54, 1.807) is 0 Å². The van der Waals surface area contributed by atoms with E-state index in [4.69, 9.17) is 0 Å². The number of carbonyl (C=O) groups is 1. The molecule has 3 nitrogen and oxygen atoms in total. The summed E-state index contributed by atoms with van der Waals surface area (Å²) in [4.78, 5) is 17.3. The molecule has 25 heavy (non-hydrogen) atoms. The number of aryl methyl sites for hydroxylation is 1. The van der Waals surface area contributed by atoms with Gasteiger partial charge in [-0.05, 0) is 52.9 Å². The van der Waals surface area contributed by atoms with Crippen LogP contribution in [-0.4, -0.2) is 11.1 Å². The van der Waals surface area contributed by atoms with Gasteiger partial charge in [-0.1, -0.05) is 63.2 Å². The highest BCUT2D eigenvalue weighted by atomic mass is 32.2. The Hall–Kier alpha value is -2.33. The van der Waals surface area contributed by atoms with Crippen molar-refractivity contribution >= 4 is 34.6 Å². The molecule has 0 atom stereocenters. The van der Waals surface area contributed by atoms with Crippen LogP contribution in [-0.2, 0) is 5.41 Å². The number of hydrogen-bond donors (Lipinski definition) is 1.